The molecule has 0 fully saturated rings. The maximum Gasteiger partial charge on any atom is 0.407 e. The number of carbonyl (C=O) groups is 1. The second-order valence-corrected chi connectivity index (χ2v) is 6.06. The van der Waals surface area contributed by atoms with Gasteiger partial charge in [0.1, 0.15) is 5.60 Å². The molecule has 5 nitrogen and oxygen atoms in total. The average molecular weight is 352 g/mol. The second-order valence-electron chi connectivity index (χ2n) is 6.06. The monoisotopic (exact) mass is 351 g/mol. The molecule has 3 N–H and O–H groups in total. The van der Waals surface area contributed by atoms with Crippen molar-refractivity contribution >= 4 is 11.8 Å². The van der Waals surface area contributed by atoms with Gasteiger partial charge in [-0.1, -0.05) is 38.1 Å². The predicted molar refractivity (Wildman–Crippen MR) is 109 cm³/mol. The molecule has 0 saturated heterocycles. The summed E-state index contributed by atoms with van der Waals surface area (Å²) in [5.74, 6) is 0. The summed E-state index contributed by atoms with van der Waals surface area (Å²) in [6, 6.07) is 8.31. The fourth-order valence-corrected chi connectivity index (χ4v) is 1.52. The predicted octanol–water partition coefficient (Wildman–Crippen LogP) is 4.70. The van der Waals surface area contributed by atoms with Crippen LogP contribution in [0.4, 0.5) is 10.5 Å². The lowest BCUT2D eigenvalue weighted by Gasteiger charge is -2.19. The number of hydrogen-bond donors (Lipinski definition) is 3. The zero-order chi connectivity index (χ0) is 19.7. The van der Waals surface area contributed by atoms with E-state index in [0.717, 1.165) is 13.0 Å². The van der Waals surface area contributed by atoms with Gasteiger partial charge in [0.25, 0.3) is 0 Å². The number of rotatable bonds is 6. The maximum absolute atomic E-state index is 11.1. The van der Waals surface area contributed by atoms with Gasteiger partial charge < -0.3 is 20.7 Å². The van der Waals surface area contributed by atoms with Gasteiger partial charge in [0.2, 0.25) is 0 Å². The summed E-state index contributed by atoms with van der Waals surface area (Å²) in [4.78, 5) is 11.1. The van der Waals surface area contributed by atoms with Crippen LogP contribution in [-0.2, 0) is 4.74 Å². The van der Waals surface area contributed by atoms with Crippen LogP contribution in [0.15, 0.2) is 37.0 Å². The first-order chi connectivity index (χ1) is 11.8. The maximum atomic E-state index is 11.1. The van der Waals surface area contributed by atoms with Crippen molar-refractivity contribution in [3.05, 3.63) is 42.6 Å². The van der Waals surface area contributed by atoms with Crippen molar-refractivity contribution in [2.24, 2.45) is 0 Å². The number of carbonyl (C=O) groups excluding carboxylic acids is 1. The van der Waals surface area contributed by atoms with Gasteiger partial charge in [-0.15, -0.1) is 0 Å². The molecular formula is C20H37N3O2. The van der Waals surface area contributed by atoms with E-state index < -0.39 is 5.60 Å². The van der Waals surface area contributed by atoms with E-state index in [4.69, 9.17) is 4.74 Å². The van der Waals surface area contributed by atoms with Crippen LogP contribution in [0.3, 0.4) is 0 Å². The van der Waals surface area contributed by atoms with E-state index in [2.05, 4.69) is 53.7 Å². The average Bonchev–Trinajstić information content (AvgIpc) is 2.56. The number of hydrogen-bond acceptors (Lipinski definition) is 4. The summed E-state index contributed by atoms with van der Waals surface area (Å²) in [5.41, 5.74) is 2.04. The molecule has 0 saturated carbocycles. The highest BCUT2D eigenvalue weighted by Gasteiger charge is 2.15. The SMILES string of the molecule is C=CNCCCNC(=O)OC(C)(C)C.CC.CNc1ccc(C)cc1. The Morgan fingerprint density at radius 2 is 1.72 bits per heavy atom. The van der Waals surface area contributed by atoms with E-state index in [9.17, 15) is 4.79 Å². The molecule has 144 valence electrons. The van der Waals surface area contributed by atoms with Crippen LogP contribution >= 0.6 is 0 Å². The van der Waals surface area contributed by atoms with Gasteiger partial charge in [0.15, 0.2) is 0 Å². The molecular weight excluding hydrogens is 314 g/mol. The summed E-state index contributed by atoms with van der Waals surface area (Å²) in [6.07, 6.45) is 2.12. The number of alkyl carbamates (subject to hydrolysis) is 1. The molecule has 0 spiro atoms. The van der Waals surface area contributed by atoms with Gasteiger partial charge in [0, 0.05) is 25.8 Å². The molecule has 0 aromatic heterocycles. The highest BCUT2D eigenvalue weighted by molar-refractivity contribution is 5.67. The van der Waals surface area contributed by atoms with Gasteiger partial charge >= 0.3 is 6.09 Å². The summed E-state index contributed by atoms with van der Waals surface area (Å²) in [7, 11) is 1.92. The van der Waals surface area contributed by atoms with E-state index in [1.54, 1.807) is 6.20 Å². The van der Waals surface area contributed by atoms with Crippen LogP contribution in [0.2, 0.25) is 0 Å². The first-order valence-electron chi connectivity index (χ1n) is 8.84. The number of anilines is 1. The molecule has 25 heavy (non-hydrogen) atoms. The topological polar surface area (TPSA) is 62.4 Å². The highest BCUT2D eigenvalue weighted by atomic mass is 16.6. The van der Waals surface area contributed by atoms with E-state index in [0.29, 0.717) is 6.54 Å². The molecule has 0 aliphatic rings. The molecule has 0 radical (unpaired) electrons. The van der Waals surface area contributed by atoms with Crippen molar-refractivity contribution in [2.45, 2.75) is 53.6 Å². The minimum atomic E-state index is -0.427. The minimum Gasteiger partial charge on any atom is -0.444 e. The molecule has 1 aromatic carbocycles. The Hall–Kier alpha value is -2.17. The quantitative estimate of drug-likeness (QED) is 0.650. The van der Waals surface area contributed by atoms with E-state index in [-0.39, 0.29) is 6.09 Å². The van der Waals surface area contributed by atoms with Gasteiger partial charge in [-0.3, -0.25) is 0 Å². The van der Waals surface area contributed by atoms with E-state index in [1.807, 2.05) is 41.7 Å². The molecule has 0 heterocycles. The smallest absolute Gasteiger partial charge is 0.407 e. The largest absolute Gasteiger partial charge is 0.444 e. The third kappa shape index (κ3) is 18.0. The normalized spacial score (nSPS) is 9.40. The summed E-state index contributed by atoms with van der Waals surface area (Å²) in [6.45, 7) is 16.5. The molecule has 1 aromatic rings. The van der Waals surface area contributed by atoms with E-state index in [1.165, 1.54) is 11.3 Å². The van der Waals surface area contributed by atoms with Crippen molar-refractivity contribution in [1.29, 1.82) is 0 Å². The standard InChI is InChI=1S/C10H20N2O2.C8H11N.C2H6/c1-5-11-7-6-8-12-9(13)14-10(2,3)4;1-7-3-5-8(9-2)6-4-7;1-2/h5,11H,1,6-8H2,2-4H3,(H,12,13);3-6,9H,1-2H3;1-2H3. The fourth-order valence-electron chi connectivity index (χ4n) is 1.52. The molecule has 1 rings (SSSR count). The van der Waals surface area contributed by atoms with Gasteiger partial charge in [0.05, 0.1) is 0 Å². The highest BCUT2D eigenvalue weighted by Crippen LogP contribution is 2.06. The summed E-state index contributed by atoms with van der Waals surface area (Å²) in [5, 5.41) is 8.66. The van der Waals surface area contributed by atoms with Crippen LogP contribution in [0.1, 0.15) is 46.6 Å². The second kappa shape index (κ2) is 15.4. The first kappa shape index (κ1) is 25.1. The van der Waals surface area contributed by atoms with Crippen LogP contribution in [0.5, 0.6) is 0 Å². The fraction of sp³-hybridized carbons (Fsp3) is 0.550. The number of ether oxygens (including phenoxy) is 1. The van der Waals surface area contributed by atoms with Crippen LogP contribution in [0.25, 0.3) is 0 Å². The van der Waals surface area contributed by atoms with Crippen molar-refractivity contribution in [2.75, 3.05) is 25.5 Å². The number of amides is 1. The third-order valence-electron chi connectivity index (χ3n) is 2.65. The molecule has 0 aliphatic heterocycles. The Kier molecular flexibility index (Phi) is 15.4. The lowest BCUT2D eigenvalue weighted by molar-refractivity contribution is 0.0527. The first-order valence-corrected chi connectivity index (χ1v) is 8.84. The molecule has 5 heteroatoms. The number of aryl methyl sites for hydroxylation is 1. The van der Waals surface area contributed by atoms with Crippen molar-refractivity contribution in [1.82, 2.24) is 10.6 Å². The Bertz CT molecular complexity index is 451. The van der Waals surface area contributed by atoms with Crippen molar-refractivity contribution in [3.63, 3.8) is 0 Å². The minimum absolute atomic E-state index is 0.365. The van der Waals surface area contributed by atoms with Crippen LogP contribution < -0.4 is 16.0 Å². The van der Waals surface area contributed by atoms with Gasteiger partial charge in [-0.25, -0.2) is 4.79 Å². The van der Waals surface area contributed by atoms with Crippen molar-refractivity contribution in [3.8, 4) is 0 Å². The van der Waals surface area contributed by atoms with E-state index >= 15 is 0 Å². The molecule has 0 aliphatic carbocycles. The van der Waals surface area contributed by atoms with Gasteiger partial charge in [-0.2, -0.15) is 0 Å². The molecule has 0 atom stereocenters. The molecule has 0 bridgehead atoms. The number of benzene rings is 1. The van der Waals surface area contributed by atoms with Crippen molar-refractivity contribution < 1.29 is 9.53 Å². The Morgan fingerprint density at radius 1 is 1.16 bits per heavy atom. The molecule has 1 amide bonds. The van der Waals surface area contributed by atoms with Crippen LogP contribution in [-0.4, -0.2) is 31.8 Å². The third-order valence-corrected chi connectivity index (χ3v) is 2.65. The lowest BCUT2D eigenvalue weighted by Crippen LogP contribution is -2.33. The Morgan fingerprint density at radius 3 is 2.16 bits per heavy atom. The zero-order valence-electron chi connectivity index (χ0n) is 17.0. The number of nitrogens with one attached hydrogen (secondary N) is 3. The summed E-state index contributed by atoms with van der Waals surface area (Å²) >= 11 is 0. The summed E-state index contributed by atoms with van der Waals surface area (Å²) < 4.78 is 5.05. The Labute approximate surface area is 154 Å². The molecule has 0 unspecified atom stereocenters. The van der Waals surface area contributed by atoms with Crippen LogP contribution in [0, 0.1) is 6.92 Å². The Balaban J connectivity index is 0. The lowest BCUT2D eigenvalue weighted by atomic mass is 10.2. The van der Waals surface area contributed by atoms with Gasteiger partial charge in [-0.05, 0) is 52.4 Å². The zero-order valence-corrected chi connectivity index (χ0v) is 17.0.